The predicted octanol–water partition coefficient (Wildman–Crippen LogP) is 6.63. The van der Waals surface area contributed by atoms with Crippen molar-refractivity contribution in [3.8, 4) is 16.9 Å². The molecule has 0 saturated heterocycles. The van der Waals surface area contributed by atoms with E-state index in [0.29, 0.717) is 33.0 Å². The maximum atomic E-state index is 12.5. The lowest BCUT2D eigenvalue weighted by Crippen LogP contribution is -2.13. The normalized spacial score (nSPS) is 11.5. The zero-order valence-corrected chi connectivity index (χ0v) is 18.2. The van der Waals surface area contributed by atoms with Gasteiger partial charge in [-0.3, -0.25) is 0 Å². The van der Waals surface area contributed by atoms with Crippen molar-refractivity contribution >= 4 is 28.5 Å². The lowest BCUT2D eigenvalue weighted by Gasteiger charge is -2.18. The van der Waals surface area contributed by atoms with Crippen LogP contribution in [0.5, 0.6) is 5.75 Å². The molecule has 4 rings (SSSR count). The fourth-order valence-electron chi connectivity index (χ4n) is 3.26. The lowest BCUT2D eigenvalue weighted by molar-refractivity contribution is 0.0735. The standard InChI is InChI=1S/C26H21ClO4/c1-26(2,3)19-9-4-17(5-10-19)24(28)30-21-13-8-18-14-22(25(29)31-23(18)15-21)16-6-11-20(27)12-7-16/h4-15H,1-3H3. The highest BCUT2D eigenvalue weighted by atomic mass is 35.5. The number of halogens is 1. The molecule has 4 nitrogen and oxygen atoms in total. The fourth-order valence-corrected chi connectivity index (χ4v) is 3.38. The number of carbonyl (C=O) groups is 1. The summed E-state index contributed by atoms with van der Waals surface area (Å²) in [5, 5.41) is 1.31. The van der Waals surface area contributed by atoms with Crippen molar-refractivity contribution in [2.45, 2.75) is 26.2 Å². The Labute approximate surface area is 185 Å². The summed E-state index contributed by atoms with van der Waals surface area (Å²) in [4.78, 5) is 25.0. The Balaban J connectivity index is 1.59. The molecule has 0 radical (unpaired) electrons. The summed E-state index contributed by atoms with van der Waals surface area (Å²) in [5.74, 6) is -0.167. The Morgan fingerprint density at radius 2 is 1.58 bits per heavy atom. The quantitative estimate of drug-likeness (QED) is 0.207. The smallest absolute Gasteiger partial charge is 0.344 e. The van der Waals surface area contributed by atoms with Gasteiger partial charge < -0.3 is 9.15 Å². The number of ether oxygens (including phenoxy) is 1. The maximum absolute atomic E-state index is 12.5. The van der Waals surface area contributed by atoms with Crippen LogP contribution in [-0.4, -0.2) is 5.97 Å². The van der Waals surface area contributed by atoms with Crippen LogP contribution in [0.3, 0.4) is 0 Å². The topological polar surface area (TPSA) is 56.5 Å². The molecule has 0 bridgehead atoms. The van der Waals surface area contributed by atoms with E-state index in [2.05, 4.69) is 20.8 Å². The van der Waals surface area contributed by atoms with Crippen molar-refractivity contribution in [2.75, 3.05) is 0 Å². The number of hydrogen-bond donors (Lipinski definition) is 0. The van der Waals surface area contributed by atoms with Crippen molar-refractivity contribution in [3.63, 3.8) is 0 Å². The monoisotopic (exact) mass is 432 g/mol. The van der Waals surface area contributed by atoms with Gasteiger partial charge in [-0.05, 0) is 59.0 Å². The first-order chi connectivity index (χ1) is 14.7. The average Bonchev–Trinajstić information content (AvgIpc) is 2.73. The summed E-state index contributed by atoms with van der Waals surface area (Å²) in [7, 11) is 0. The molecule has 1 aromatic heterocycles. The molecule has 4 aromatic rings. The van der Waals surface area contributed by atoms with Crippen LogP contribution in [-0.2, 0) is 5.41 Å². The van der Waals surface area contributed by atoms with Gasteiger partial charge in [0.05, 0.1) is 11.1 Å². The van der Waals surface area contributed by atoms with E-state index in [9.17, 15) is 9.59 Å². The molecule has 0 aliphatic heterocycles. The third-order valence-electron chi connectivity index (χ3n) is 5.06. The predicted molar refractivity (Wildman–Crippen MR) is 123 cm³/mol. The molecule has 0 atom stereocenters. The summed E-state index contributed by atoms with van der Waals surface area (Å²) < 4.78 is 11.0. The number of hydrogen-bond acceptors (Lipinski definition) is 4. The van der Waals surface area contributed by atoms with Crippen LogP contribution < -0.4 is 10.4 Å². The Morgan fingerprint density at radius 1 is 0.903 bits per heavy atom. The number of fused-ring (bicyclic) bond motifs is 1. The summed E-state index contributed by atoms with van der Waals surface area (Å²) in [6.07, 6.45) is 0. The Bertz CT molecular complexity index is 1310. The molecule has 1 heterocycles. The van der Waals surface area contributed by atoms with Gasteiger partial charge >= 0.3 is 11.6 Å². The van der Waals surface area contributed by atoms with Gasteiger partial charge in [-0.25, -0.2) is 9.59 Å². The second kappa shape index (κ2) is 8.05. The molecule has 0 spiro atoms. The van der Waals surface area contributed by atoms with Gasteiger partial charge in [0.1, 0.15) is 11.3 Å². The Hall–Kier alpha value is -3.37. The first-order valence-corrected chi connectivity index (χ1v) is 10.2. The van der Waals surface area contributed by atoms with Crippen LogP contribution >= 0.6 is 11.6 Å². The van der Waals surface area contributed by atoms with E-state index in [1.807, 2.05) is 12.1 Å². The Kier molecular flexibility index (Phi) is 5.42. The summed E-state index contributed by atoms with van der Waals surface area (Å²) in [5.41, 5.74) is 2.61. The van der Waals surface area contributed by atoms with Gasteiger partial charge in [-0.15, -0.1) is 0 Å². The van der Waals surface area contributed by atoms with Gasteiger partial charge in [0.25, 0.3) is 0 Å². The minimum atomic E-state index is -0.476. The molecule has 31 heavy (non-hydrogen) atoms. The molecular formula is C26H21ClO4. The van der Waals surface area contributed by atoms with E-state index in [1.54, 1.807) is 60.7 Å². The van der Waals surface area contributed by atoms with Crippen molar-refractivity contribution < 1.29 is 13.9 Å². The van der Waals surface area contributed by atoms with Gasteiger partial charge in [-0.1, -0.05) is 56.6 Å². The summed E-state index contributed by atoms with van der Waals surface area (Å²) in [6.45, 7) is 6.34. The van der Waals surface area contributed by atoms with Crippen LogP contribution in [0.2, 0.25) is 5.02 Å². The first kappa shape index (κ1) is 20.9. The van der Waals surface area contributed by atoms with E-state index in [4.69, 9.17) is 20.8 Å². The molecule has 0 aliphatic rings. The maximum Gasteiger partial charge on any atom is 0.344 e. The van der Waals surface area contributed by atoms with Crippen LogP contribution in [0.25, 0.3) is 22.1 Å². The third kappa shape index (κ3) is 4.54. The molecule has 0 fully saturated rings. The summed E-state index contributed by atoms with van der Waals surface area (Å²) in [6, 6.07) is 21.0. The van der Waals surface area contributed by atoms with Crippen LogP contribution in [0.15, 0.2) is 82.0 Å². The molecule has 156 valence electrons. The van der Waals surface area contributed by atoms with Crippen LogP contribution in [0.1, 0.15) is 36.7 Å². The third-order valence-corrected chi connectivity index (χ3v) is 5.31. The molecule has 0 amide bonds. The van der Waals surface area contributed by atoms with Crippen molar-refractivity contribution in [1.82, 2.24) is 0 Å². The largest absolute Gasteiger partial charge is 0.423 e. The second-order valence-corrected chi connectivity index (χ2v) is 8.81. The molecule has 0 unspecified atom stereocenters. The molecule has 0 aliphatic carbocycles. The lowest BCUT2D eigenvalue weighted by atomic mass is 9.87. The van der Waals surface area contributed by atoms with Crippen LogP contribution in [0.4, 0.5) is 0 Å². The zero-order chi connectivity index (χ0) is 22.2. The highest BCUT2D eigenvalue weighted by molar-refractivity contribution is 6.30. The number of carbonyl (C=O) groups excluding carboxylic acids is 1. The van der Waals surface area contributed by atoms with E-state index in [-0.39, 0.29) is 5.41 Å². The highest BCUT2D eigenvalue weighted by Crippen LogP contribution is 2.26. The highest BCUT2D eigenvalue weighted by Gasteiger charge is 2.16. The van der Waals surface area contributed by atoms with Gasteiger partial charge in [0.15, 0.2) is 0 Å². The number of esters is 1. The van der Waals surface area contributed by atoms with Crippen molar-refractivity contribution in [3.05, 3.63) is 99.4 Å². The number of rotatable bonds is 3. The molecule has 3 aromatic carbocycles. The van der Waals surface area contributed by atoms with Crippen molar-refractivity contribution in [2.24, 2.45) is 0 Å². The fraction of sp³-hybridized carbons (Fsp3) is 0.154. The van der Waals surface area contributed by atoms with E-state index < -0.39 is 11.6 Å². The SMILES string of the molecule is CC(C)(C)c1ccc(C(=O)Oc2ccc3cc(-c4ccc(Cl)cc4)c(=O)oc3c2)cc1. The van der Waals surface area contributed by atoms with Crippen molar-refractivity contribution in [1.29, 1.82) is 0 Å². The Morgan fingerprint density at radius 3 is 2.23 bits per heavy atom. The van der Waals surface area contributed by atoms with Crippen LogP contribution in [0, 0.1) is 0 Å². The first-order valence-electron chi connectivity index (χ1n) is 9.87. The van der Waals surface area contributed by atoms with Gasteiger partial charge in [-0.2, -0.15) is 0 Å². The molecular weight excluding hydrogens is 412 g/mol. The molecule has 5 heteroatoms. The zero-order valence-electron chi connectivity index (χ0n) is 17.4. The minimum Gasteiger partial charge on any atom is -0.423 e. The average molecular weight is 433 g/mol. The summed E-state index contributed by atoms with van der Waals surface area (Å²) >= 11 is 5.92. The van der Waals surface area contributed by atoms with E-state index >= 15 is 0 Å². The van der Waals surface area contributed by atoms with Gasteiger partial charge in [0.2, 0.25) is 0 Å². The van der Waals surface area contributed by atoms with E-state index in [0.717, 1.165) is 10.9 Å². The minimum absolute atomic E-state index is 0.00316. The molecule has 0 N–H and O–H groups in total. The molecule has 0 saturated carbocycles. The van der Waals surface area contributed by atoms with E-state index in [1.165, 1.54) is 0 Å². The van der Waals surface area contributed by atoms with Gasteiger partial charge in [0, 0.05) is 16.5 Å². The number of benzene rings is 3. The second-order valence-electron chi connectivity index (χ2n) is 8.37.